The number of nitriles is 1. The lowest BCUT2D eigenvalue weighted by Gasteiger charge is -1.93. The molecule has 0 radical (unpaired) electrons. The fraction of sp³-hybridized carbons (Fsp3) is 0.182. The van der Waals surface area contributed by atoms with Crippen molar-refractivity contribution in [2.75, 3.05) is 6.54 Å². The predicted molar refractivity (Wildman–Crippen MR) is 57.2 cm³/mol. The van der Waals surface area contributed by atoms with Crippen LogP contribution in [0.5, 0.6) is 0 Å². The fourth-order valence-corrected chi connectivity index (χ4v) is 1.32. The van der Waals surface area contributed by atoms with Crippen LogP contribution in [0.2, 0.25) is 0 Å². The van der Waals surface area contributed by atoms with Gasteiger partial charge >= 0.3 is 0 Å². The average Bonchev–Trinajstić information content (AvgIpc) is 2.78. The molecule has 0 aliphatic rings. The number of benzene rings is 1. The maximum absolute atomic E-state index is 8.77. The van der Waals surface area contributed by atoms with Crippen LogP contribution in [0, 0.1) is 11.3 Å². The van der Waals surface area contributed by atoms with Gasteiger partial charge in [0, 0.05) is 12.0 Å². The number of aromatic nitrogens is 2. The molecule has 2 N–H and O–H groups in total. The molecule has 0 aliphatic carbocycles. The minimum absolute atomic E-state index is 0.417. The van der Waals surface area contributed by atoms with Crippen LogP contribution in [0.3, 0.4) is 0 Å². The second-order valence-corrected chi connectivity index (χ2v) is 3.25. The third-order valence-corrected chi connectivity index (χ3v) is 2.07. The van der Waals surface area contributed by atoms with Gasteiger partial charge in [0.25, 0.3) is 5.89 Å². The van der Waals surface area contributed by atoms with Crippen molar-refractivity contribution in [1.82, 2.24) is 10.1 Å². The van der Waals surface area contributed by atoms with E-state index in [1.807, 2.05) is 6.07 Å². The molecule has 1 aromatic heterocycles. The highest BCUT2D eigenvalue weighted by Crippen LogP contribution is 2.18. The van der Waals surface area contributed by atoms with Crippen LogP contribution in [0.1, 0.15) is 11.4 Å². The minimum Gasteiger partial charge on any atom is -0.334 e. The first kappa shape index (κ1) is 10.3. The number of nitrogens with zero attached hydrogens (tertiary/aromatic N) is 3. The fourth-order valence-electron chi connectivity index (χ4n) is 1.32. The van der Waals surface area contributed by atoms with E-state index in [4.69, 9.17) is 15.5 Å². The Kier molecular flexibility index (Phi) is 2.94. The van der Waals surface area contributed by atoms with E-state index >= 15 is 0 Å². The molecule has 2 rings (SSSR count). The van der Waals surface area contributed by atoms with Crippen LogP contribution < -0.4 is 5.73 Å². The number of nitrogens with two attached hydrogens (primary N) is 1. The molecule has 0 unspecified atom stereocenters. The molecule has 0 saturated carbocycles. The lowest BCUT2D eigenvalue weighted by atomic mass is 10.1. The highest BCUT2D eigenvalue weighted by atomic mass is 16.5. The van der Waals surface area contributed by atoms with Crippen LogP contribution in [0.15, 0.2) is 28.8 Å². The summed E-state index contributed by atoms with van der Waals surface area (Å²) in [4.78, 5) is 4.18. The molecule has 5 heteroatoms. The third kappa shape index (κ3) is 2.07. The molecule has 1 aromatic carbocycles. The predicted octanol–water partition coefficient (Wildman–Crippen LogP) is 1.11. The molecule has 0 bridgehead atoms. The van der Waals surface area contributed by atoms with Gasteiger partial charge in [0.1, 0.15) is 0 Å². The van der Waals surface area contributed by atoms with E-state index in [9.17, 15) is 0 Å². The SMILES string of the molecule is N#Cc1cccc(-c2nc(CCN)no2)c1. The van der Waals surface area contributed by atoms with E-state index in [1.165, 1.54) is 0 Å². The lowest BCUT2D eigenvalue weighted by molar-refractivity contribution is 0.422. The van der Waals surface area contributed by atoms with Gasteiger partial charge in [-0.3, -0.25) is 0 Å². The summed E-state index contributed by atoms with van der Waals surface area (Å²) in [6, 6.07) is 9.09. The van der Waals surface area contributed by atoms with E-state index in [0.717, 1.165) is 5.56 Å². The van der Waals surface area contributed by atoms with Gasteiger partial charge in [0.15, 0.2) is 5.82 Å². The standard InChI is InChI=1S/C11H10N4O/c12-5-4-10-14-11(16-15-10)9-3-1-2-8(6-9)7-13/h1-3,6H,4-5,12H2. The Balaban J connectivity index is 2.32. The normalized spacial score (nSPS) is 10.0. The molecule has 0 aliphatic heterocycles. The molecule has 0 saturated heterocycles. The highest BCUT2D eigenvalue weighted by molar-refractivity contribution is 5.55. The summed E-state index contributed by atoms with van der Waals surface area (Å²) >= 11 is 0. The smallest absolute Gasteiger partial charge is 0.257 e. The molecule has 80 valence electrons. The molecule has 0 amide bonds. The number of rotatable bonds is 3. The van der Waals surface area contributed by atoms with Gasteiger partial charge in [-0.05, 0) is 24.7 Å². The van der Waals surface area contributed by atoms with E-state index < -0.39 is 0 Å². The summed E-state index contributed by atoms with van der Waals surface area (Å²) < 4.78 is 5.08. The largest absolute Gasteiger partial charge is 0.334 e. The van der Waals surface area contributed by atoms with Crippen molar-refractivity contribution in [3.8, 4) is 17.5 Å². The zero-order valence-corrected chi connectivity index (χ0v) is 8.55. The average molecular weight is 214 g/mol. The van der Waals surface area contributed by atoms with Crippen molar-refractivity contribution in [1.29, 1.82) is 5.26 Å². The first-order valence-corrected chi connectivity index (χ1v) is 4.86. The summed E-state index contributed by atoms with van der Waals surface area (Å²) in [5.41, 5.74) is 6.70. The molecule has 1 heterocycles. The molecule has 0 atom stereocenters. The van der Waals surface area contributed by atoms with Crippen LogP contribution in [-0.2, 0) is 6.42 Å². The zero-order chi connectivity index (χ0) is 11.4. The van der Waals surface area contributed by atoms with Crippen molar-refractivity contribution < 1.29 is 4.52 Å². The Bertz CT molecular complexity index is 527. The van der Waals surface area contributed by atoms with Gasteiger partial charge < -0.3 is 10.3 Å². The molecule has 0 spiro atoms. The Morgan fingerprint density at radius 2 is 2.31 bits per heavy atom. The van der Waals surface area contributed by atoms with Crippen molar-refractivity contribution in [3.63, 3.8) is 0 Å². The van der Waals surface area contributed by atoms with Crippen molar-refractivity contribution in [3.05, 3.63) is 35.7 Å². The van der Waals surface area contributed by atoms with E-state index in [0.29, 0.717) is 30.2 Å². The summed E-state index contributed by atoms with van der Waals surface area (Å²) in [6.45, 7) is 0.483. The quantitative estimate of drug-likeness (QED) is 0.826. The summed E-state index contributed by atoms with van der Waals surface area (Å²) in [6.07, 6.45) is 0.585. The van der Waals surface area contributed by atoms with Crippen LogP contribution in [-0.4, -0.2) is 16.7 Å². The van der Waals surface area contributed by atoms with E-state index in [-0.39, 0.29) is 0 Å². The summed E-state index contributed by atoms with van der Waals surface area (Å²) in [5.74, 6) is 1.00. The Morgan fingerprint density at radius 3 is 3.06 bits per heavy atom. The number of hydrogen-bond donors (Lipinski definition) is 1. The Hall–Kier alpha value is -2.19. The topological polar surface area (TPSA) is 88.7 Å². The zero-order valence-electron chi connectivity index (χ0n) is 8.55. The highest BCUT2D eigenvalue weighted by Gasteiger charge is 2.08. The van der Waals surface area contributed by atoms with E-state index in [1.54, 1.807) is 18.2 Å². The maximum atomic E-state index is 8.77. The van der Waals surface area contributed by atoms with Crippen molar-refractivity contribution in [2.45, 2.75) is 6.42 Å². The first-order valence-electron chi connectivity index (χ1n) is 4.86. The molecule has 16 heavy (non-hydrogen) atoms. The molecule has 0 fully saturated rings. The maximum Gasteiger partial charge on any atom is 0.257 e. The van der Waals surface area contributed by atoms with Crippen LogP contribution in [0.4, 0.5) is 0 Å². The third-order valence-electron chi connectivity index (χ3n) is 2.07. The minimum atomic E-state index is 0.417. The molecular formula is C11H10N4O. The number of hydrogen-bond acceptors (Lipinski definition) is 5. The molecule has 5 nitrogen and oxygen atoms in total. The van der Waals surface area contributed by atoms with Gasteiger partial charge in [-0.2, -0.15) is 10.2 Å². The van der Waals surface area contributed by atoms with Crippen molar-refractivity contribution in [2.24, 2.45) is 5.73 Å². The second-order valence-electron chi connectivity index (χ2n) is 3.25. The van der Waals surface area contributed by atoms with Crippen molar-refractivity contribution >= 4 is 0 Å². The first-order chi connectivity index (χ1) is 7.83. The van der Waals surface area contributed by atoms with Crippen LogP contribution in [0.25, 0.3) is 11.5 Å². The van der Waals surface area contributed by atoms with Gasteiger partial charge in [-0.25, -0.2) is 0 Å². The molecule has 2 aromatic rings. The van der Waals surface area contributed by atoms with Gasteiger partial charge in [0.05, 0.1) is 11.6 Å². The second kappa shape index (κ2) is 4.55. The monoisotopic (exact) mass is 214 g/mol. The van der Waals surface area contributed by atoms with Gasteiger partial charge in [-0.1, -0.05) is 11.2 Å². The van der Waals surface area contributed by atoms with E-state index in [2.05, 4.69) is 16.2 Å². The van der Waals surface area contributed by atoms with Gasteiger partial charge in [0.2, 0.25) is 0 Å². The Labute approximate surface area is 92.5 Å². The Morgan fingerprint density at radius 1 is 1.44 bits per heavy atom. The van der Waals surface area contributed by atoms with Crippen LogP contribution >= 0.6 is 0 Å². The lowest BCUT2D eigenvalue weighted by Crippen LogP contribution is -2.03. The summed E-state index contributed by atoms with van der Waals surface area (Å²) in [5, 5.41) is 12.6. The molecular weight excluding hydrogens is 204 g/mol. The van der Waals surface area contributed by atoms with Gasteiger partial charge in [-0.15, -0.1) is 0 Å². The summed E-state index contributed by atoms with van der Waals surface area (Å²) in [7, 11) is 0.